The number of aromatic nitrogens is 3. The highest BCUT2D eigenvalue weighted by Gasteiger charge is 2.26. The van der Waals surface area contributed by atoms with Crippen LogP contribution in [0.2, 0.25) is 5.28 Å². The number of ether oxygens (including phenoxy) is 1. The molecule has 2 heterocycles. The molecule has 1 aliphatic rings. The second-order valence-corrected chi connectivity index (χ2v) is 5.22. The molecule has 1 amide bonds. The van der Waals surface area contributed by atoms with E-state index in [0.717, 1.165) is 24.9 Å². The van der Waals surface area contributed by atoms with E-state index in [1.54, 1.807) is 0 Å². The first-order valence-electron chi connectivity index (χ1n) is 6.80. The summed E-state index contributed by atoms with van der Waals surface area (Å²) in [6.07, 6.45) is 1.25. The zero-order chi connectivity index (χ0) is 14.7. The molecular weight excluding hydrogens is 292 g/mol. The normalized spacial score (nSPS) is 17.1. The minimum absolute atomic E-state index is 0.206. The number of hydrogen-bond acceptors (Lipinski definition) is 4. The third-order valence-electron chi connectivity index (χ3n) is 3.43. The third-order valence-corrected chi connectivity index (χ3v) is 3.70. The summed E-state index contributed by atoms with van der Waals surface area (Å²) in [6, 6.07) is 9.34. The van der Waals surface area contributed by atoms with Crippen molar-refractivity contribution in [2.45, 2.75) is 32.0 Å². The van der Waals surface area contributed by atoms with E-state index in [4.69, 9.17) is 16.3 Å². The van der Waals surface area contributed by atoms with E-state index < -0.39 is 6.09 Å². The predicted octanol–water partition coefficient (Wildman–Crippen LogP) is 2.69. The predicted molar refractivity (Wildman–Crippen MR) is 76.8 cm³/mol. The second kappa shape index (κ2) is 6.13. The van der Waals surface area contributed by atoms with E-state index >= 15 is 0 Å². The van der Waals surface area contributed by atoms with Gasteiger partial charge in [0.25, 0.3) is 0 Å². The van der Waals surface area contributed by atoms with Crippen molar-refractivity contribution in [1.82, 2.24) is 20.1 Å². The van der Waals surface area contributed by atoms with Crippen LogP contribution in [0, 0.1) is 0 Å². The van der Waals surface area contributed by atoms with Gasteiger partial charge in [-0.25, -0.2) is 4.79 Å². The molecular formula is C14H15ClN4O2. The fourth-order valence-corrected chi connectivity index (χ4v) is 2.59. The zero-order valence-corrected chi connectivity index (χ0v) is 12.1. The Morgan fingerprint density at radius 1 is 1.38 bits per heavy atom. The minimum atomic E-state index is -0.462. The van der Waals surface area contributed by atoms with Crippen LogP contribution in [0.3, 0.4) is 0 Å². The standard InChI is InChI=1S/C14H15ClN4O2/c15-13-18-17-12-11(7-4-8-19(12)13)16-14(20)21-9-10-5-2-1-3-6-10/h1-3,5-6,11H,4,7-9H2,(H,16,20). The van der Waals surface area contributed by atoms with E-state index in [1.807, 2.05) is 34.9 Å². The van der Waals surface area contributed by atoms with Crippen LogP contribution < -0.4 is 5.32 Å². The smallest absolute Gasteiger partial charge is 0.408 e. The lowest BCUT2D eigenvalue weighted by molar-refractivity contribution is 0.133. The van der Waals surface area contributed by atoms with Gasteiger partial charge >= 0.3 is 6.09 Å². The first-order valence-corrected chi connectivity index (χ1v) is 7.17. The Balaban J connectivity index is 1.58. The van der Waals surface area contributed by atoms with Crippen LogP contribution >= 0.6 is 11.6 Å². The number of nitrogens with one attached hydrogen (secondary N) is 1. The van der Waals surface area contributed by atoms with Crippen LogP contribution in [0.5, 0.6) is 0 Å². The molecule has 1 unspecified atom stereocenters. The van der Waals surface area contributed by atoms with Crippen LogP contribution in [-0.4, -0.2) is 20.9 Å². The van der Waals surface area contributed by atoms with Gasteiger partial charge in [-0.05, 0) is 30.0 Å². The monoisotopic (exact) mass is 306 g/mol. The number of rotatable bonds is 3. The van der Waals surface area contributed by atoms with Crippen molar-refractivity contribution >= 4 is 17.7 Å². The molecule has 1 aromatic carbocycles. The third kappa shape index (κ3) is 3.16. The Kier molecular flexibility index (Phi) is 4.06. The quantitative estimate of drug-likeness (QED) is 0.946. The zero-order valence-electron chi connectivity index (χ0n) is 11.3. The number of halogens is 1. The van der Waals surface area contributed by atoms with Crippen LogP contribution in [0.4, 0.5) is 4.79 Å². The van der Waals surface area contributed by atoms with E-state index in [9.17, 15) is 4.79 Å². The number of fused-ring (bicyclic) bond motifs is 1. The van der Waals surface area contributed by atoms with Crippen molar-refractivity contribution in [3.8, 4) is 0 Å². The van der Waals surface area contributed by atoms with Crippen molar-refractivity contribution < 1.29 is 9.53 Å². The molecule has 1 aromatic heterocycles. The maximum Gasteiger partial charge on any atom is 0.408 e. The number of hydrogen-bond donors (Lipinski definition) is 1. The molecule has 0 saturated heterocycles. The van der Waals surface area contributed by atoms with Crippen molar-refractivity contribution in [1.29, 1.82) is 0 Å². The molecule has 0 saturated carbocycles. The van der Waals surface area contributed by atoms with Gasteiger partial charge in [0.05, 0.1) is 6.04 Å². The largest absolute Gasteiger partial charge is 0.445 e. The summed E-state index contributed by atoms with van der Waals surface area (Å²) in [6.45, 7) is 1.02. The molecule has 0 bridgehead atoms. The molecule has 110 valence electrons. The Labute approximate surface area is 127 Å². The average Bonchev–Trinajstić information content (AvgIpc) is 2.89. The molecule has 1 aliphatic heterocycles. The molecule has 0 radical (unpaired) electrons. The lowest BCUT2D eigenvalue weighted by atomic mass is 10.1. The molecule has 0 spiro atoms. The Bertz CT molecular complexity index is 629. The van der Waals surface area contributed by atoms with Gasteiger partial charge in [0.2, 0.25) is 5.28 Å². The number of carbonyl (C=O) groups excluding carboxylic acids is 1. The molecule has 0 fully saturated rings. The van der Waals surface area contributed by atoms with Crippen molar-refractivity contribution in [2.75, 3.05) is 0 Å². The molecule has 0 aliphatic carbocycles. The van der Waals surface area contributed by atoms with Crippen molar-refractivity contribution in [3.05, 3.63) is 47.0 Å². The van der Waals surface area contributed by atoms with Crippen molar-refractivity contribution in [2.24, 2.45) is 0 Å². The Hall–Kier alpha value is -2.08. The molecule has 3 rings (SSSR count). The molecule has 1 atom stereocenters. The van der Waals surface area contributed by atoms with Crippen LogP contribution in [0.1, 0.15) is 30.3 Å². The van der Waals surface area contributed by atoms with E-state index in [-0.39, 0.29) is 12.6 Å². The number of amides is 1. The van der Waals surface area contributed by atoms with Gasteiger partial charge in [-0.3, -0.25) is 0 Å². The maximum atomic E-state index is 11.9. The Morgan fingerprint density at radius 2 is 2.19 bits per heavy atom. The molecule has 21 heavy (non-hydrogen) atoms. The summed E-state index contributed by atoms with van der Waals surface area (Å²) in [7, 11) is 0. The van der Waals surface area contributed by atoms with Gasteiger partial charge in [-0.1, -0.05) is 30.3 Å². The van der Waals surface area contributed by atoms with Crippen LogP contribution in [0.15, 0.2) is 30.3 Å². The number of carbonyl (C=O) groups is 1. The highest BCUT2D eigenvalue weighted by molar-refractivity contribution is 6.28. The van der Waals surface area contributed by atoms with E-state index in [0.29, 0.717) is 11.1 Å². The summed E-state index contributed by atoms with van der Waals surface area (Å²) < 4.78 is 7.02. The summed E-state index contributed by atoms with van der Waals surface area (Å²) in [5.41, 5.74) is 0.947. The molecule has 7 heteroatoms. The van der Waals surface area contributed by atoms with Gasteiger partial charge in [0.1, 0.15) is 6.61 Å². The summed E-state index contributed by atoms with van der Waals surface area (Å²) in [4.78, 5) is 11.9. The maximum absolute atomic E-state index is 11.9. The molecule has 2 aromatic rings. The molecule has 6 nitrogen and oxygen atoms in total. The number of nitrogens with zero attached hydrogens (tertiary/aromatic N) is 3. The van der Waals surface area contributed by atoms with Crippen molar-refractivity contribution in [3.63, 3.8) is 0 Å². The van der Waals surface area contributed by atoms with E-state index in [2.05, 4.69) is 15.5 Å². The van der Waals surface area contributed by atoms with Gasteiger partial charge < -0.3 is 14.6 Å². The summed E-state index contributed by atoms with van der Waals surface area (Å²) in [5, 5.41) is 11.0. The minimum Gasteiger partial charge on any atom is -0.445 e. The SMILES string of the molecule is O=C(NC1CCCn2c(Cl)nnc21)OCc1ccccc1. The average molecular weight is 307 g/mol. The first kappa shape index (κ1) is 13.9. The van der Waals surface area contributed by atoms with Crippen LogP contribution in [-0.2, 0) is 17.9 Å². The Morgan fingerprint density at radius 3 is 3.00 bits per heavy atom. The first-order chi connectivity index (χ1) is 10.2. The fourth-order valence-electron chi connectivity index (χ4n) is 2.39. The summed E-state index contributed by atoms with van der Waals surface area (Å²) in [5.74, 6) is 0.683. The van der Waals surface area contributed by atoms with Gasteiger partial charge in [0, 0.05) is 6.54 Å². The van der Waals surface area contributed by atoms with Gasteiger partial charge in [-0.2, -0.15) is 0 Å². The fraction of sp³-hybridized carbons (Fsp3) is 0.357. The van der Waals surface area contributed by atoms with Crippen LogP contribution in [0.25, 0.3) is 0 Å². The highest BCUT2D eigenvalue weighted by Crippen LogP contribution is 2.25. The van der Waals surface area contributed by atoms with E-state index in [1.165, 1.54) is 0 Å². The lowest BCUT2D eigenvalue weighted by Crippen LogP contribution is -2.33. The topological polar surface area (TPSA) is 69.0 Å². The van der Waals surface area contributed by atoms with Gasteiger partial charge in [0.15, 0.2) is 5.82 Å². The van der Waals surface area contributed by atoms with Gasteiger partial charge in [-0.15, -0.1) is 10.2 Å². The highest BCUT2D eigenvalue weighted by atomic mass is 35.5. The second-order valence-electron chi connectivity index (χ2n) is 4.88. The number of benzene rings is 1. The number of alkyl carbamates (subject to hydrolysis) is 1. The lowest BCUT2D eigenvalue weighted by Gasteiger charge is -2.23. The summed E-state index contributed by atoms with van der Waals surface area (Å²) >= 11 is 5.95. The molecule has 1 N–H and O–H groups in total.